The average Bonchev–Trinajstić information content (AvgIpc) is 2.83. The van der Waals surface area contributed by atoms with Gasteiger partial charge in [0.15, 0.2) is 0 Å². The van der Waals surface area contributed by atoms with Crippen molar-refractivity contribution in [1.82, 2.24) is 5.32 Å². The van der Waals surface area contributed by atoms with Gasteiger partial charge in [-0.1, -0.05) is 115 Å². The number of phosphoric ester groups is 1. The summed E-state index contributed by atoms with van der Waals surface area (Å²) in [6.45, 7) is 2.00. The van der Waals surface area contributed by atoms with Crippen LogP contribution in [0.5, 0.6) is 5.75 Å². The summed E-state index contributed by atoms with van der Waals surface area (Å²) in [5.41, 5.74) is 0. The van der Waals surface area contributed by atoms with Crippen molar-refractivity contribution in [3.63, 3.8) is 0 Å². The molecule has 0 fully saturated rings. The van der Waals surface area contributed by atoms with E-state index in [1.165, 1.54) is 77.0 Å². The number of nitrogens with one attached hydrogen (secondary N) is 1. The largest absolute Gasteiger partial charge is 0.491 e. The lowest BCUT2D eigenvalue weighted by Crippen LogP contribution is -2.42. The van der Waals surface area contributed by atoms with Gasteiger partial charge in [-0.15, -0.1) is 0 Å². The number of unbranched alkanes of at least 4 members (excludes halogenated alkanes) is 14. The molecule has 0 spiro atoms. The monoisotopic (exact) mass is 513 g/mol. The molecule has 0 saturated heterocycles. The van der Waals surface area contributed by atoms with E-state index in [2.05, 4.69) is 16.8 Å². The smallest absolute Gasteiger partial charge is 0.469 e. The molecule has 0 unspecified atom stereocenters. The van der Waals surface area contributed by atoms with Crippen molar-refractivity contribution >= 4 is 13.7 Å². The Morgan fingerprint density at radius 2 is 1.29 bits per heavy atom. The molecule has 0 aliphatic heterocycles. The molecule has 7 nitrogen and oxygen atoms in total. The summed E-state index contributed by atoms with van der Waals surface area (Å²) >= 11 is 0. The topological polar surface area (TPSA) is 105 Å². The molecule has 0 heterocycles. The minimum absolute atomic E-state index is 0.0641. The Morgan fingerprint density at radius 1 is 0.800 bits per heavy atom. The molecule has 0 aliphatic rings. The second-order valence-corrected chi connectivity index (χ2v) is 10.6. The van der Waals surface area contributed by atoms with Crippen molar-refractivity contribution in [2.24, 2.45) is 0 Å². The average molecular weight is 514 g/mol. The Kier molecular flexibility index (Phi) is 18.8. The first-order chi connectivity index (χ1) is 16.9. The van der Waals surface area contributed by atoms with E-state index in [9.17, 15) is 9.36 Å². The number of para-hydroxylation sites is 1. The van der Waals surface area contributed by atoms with Gasteiger partial charge in [0.1, 0.15) is 12.4 Å². The Morgan fingerprint density at radius 3 is 1.77 bits per heavy atom. The summed E-state index contributed by atoms with van der Waals surface area (Å²) in [6, 6.07) is 8.42. The molecule has 1 amide bonds. The van der Waals surface area contributed by atoms with E-state index < -0.39 is 13.9 Å². The number of phosphoric acid groups is 1. The van der Waals surface area contributed by atoms with E-state index in [0.717, 1.165) is 19.3 Å². The maximum absolute atomic E-state index is 12.3. The molecule has 1 atom stereocenters. The highest BCUT2D eigenvalue weighted by molar-refractivity contribution is 7.46. The summed E-state index contributed by atoms with van der Waals surface area (Å²) in [5, 5.41) is 2.78. The van der Waals surface area contributed by atoms with Gasteiger partial charge in [0.25, 0.3) is 0 Å². The first kappa shape index (κ1) is 31.6. The molecule has 0 bridgehead atoms. The van der Waals surface area contributed by atoms with Crippen LogP contribution in [0.15, 0.2) is 30.3 Å². The van der Waals surface area contributed by atoms with Crippen LogP contribution in [0, 0.1) is 0 Å². The lowest BCUT2D eigenvalue weighted by Gasteiger charge is -2.19. The van der Waals surface area contributed by atoms with Crippen molar-refractivity contribution in [1.29, 1.82) is 0 Å². The SMILES string of the molecule is CCCCCCCCCCCCCCCCCC(=O)N[C@H](COc1ccccc1)COP(=O)(O)O. The van der Waals surface area contributed by atoms with E-state index in [-0.39, 0.29) is 19.1 Å². The van der Waals surface area contributed by atoms with Crippen molar-refractivity contribution in [3.05, 3.63) is 30.3 Å². The van der Waals surface area contributed by atoms with E-state index in [0.29, 0.717) is 12.2 Å². The Hall–Kier alpha value is -1.40. The third kappa shape index (κ3) is 20.5. The Balaban J connectivity index is 2.07. The number of carbonyl (C=O) groups is 1. The third-order valence-electron chi connectivity index (χ3n) is 6.01. The molecule has 0 aromatic heterocycles. The Bertz CT molecular complexity index is 682. The van der Waals surface area contributed by atoms with Gasteiger partial charge in [-0.05, 0) is 18.6 Å². The fourth-order valence-electron chi connectivity index (χ4n) is 3.99. The molecule has 3 N–H and O–H groups in total. The first-order valence-electron chi connectivity index (χ1n) is 13.6. The predicted molar refractivity (Wildman–Crippen MR) is 141 cm³/mol. The number of hydrogen-bond acceptors (Lipinski definition) is 4. The summed E-state index contributed by atoms with van der Waals surface area (Å²) in [5.74, 6) is 0.459. The van der Waals surface area contributed by atoms with Gasteiger partial charge in [0, 0.05) is 6.42 Å². The maximum Gasteiger partial charge on any atom is 0.469 e. The standard InChI is InChI=1S/C27H48NO6P/c1-2-3-4-5-6-7-8-9-10-11-12-13-14-15-19-22-27(29)28-25(24-34-35(30,31)32)23-33-26-20-17-16-18-21-26/h16-18,20-21,25H,2-15,19,22-24H2,1H3,(H,28,29)(H2,30,31,32)/t25-/m1/s1. The van der Waals surface area contributed by atoms with E-state index in [1.807, 2.05) is 18.2 Å². The Labute approximate surface area is 212 Å². The summed E-state index contributed by atoms with van der Waals surface area (Å²) < 4.78 is 21.2. The lowest BCUT2D eigenvalue weighted by molar-refractivity contribution is -0.122. The van der Waals surface area contributed by atoms with Crippen molar-refractivity contribution in [3.8, 4) is 5.75 Å². The minimum Gasteiger partial charge on any atom is -0.491 e. The zero-order chi connectivity index (χ0) is 25.6. The molecule has 0 saturated carbocycles. The number of ether oxygens (including phenoxy) is 1. The van der Waals surface area contributed by atoms with Gasteiger partial charge in [0.05, 0.1) is 12.6 Å². The first-order valence-corrected chi connectivity index (χ1v) is 15.1. The van der Waals surface area contributed by atoms with Gasteiger partial charge >= 0.3 is 7.82 Å². The number of amides is 1. The van der Waals surface area contributed by atoms with Crippen molar-refractivity contribution < 1.29 is 28.4 Å². The zero-order valence-corrected chi connectivity index (χ0v) is 22.6. The fourth-order valence-corrected chi connectivity index (χ4v) is 4.36. The quantitative estimate of drug-likeness (QED) is 0.108. The van der Waals surface area contributed by atoms with E-state index >= 15 is 0 Å². The molecule has 1 aromatic carbocycles. The number of rotatable bonds is 23. The van der Waals surface area contributed by atoms with E-state index in [1.54, 1.807) is 12.1 Å². The molecular formula is C27H48NO6P. The molecule has 0 aliphatic carbocycles. The van der Waals surface area contributed by atoms with Crippen LogP contribution in [-0.4, -0.2) is 34.9 Å². The minimum atomic E-state index is -4.62. The van der Waals surface area contributed by atoms with Crippen LogP contribution in [0.4, 0.5) is 0 Å². The summed E-state index contributed by atoms with van der Waals surface area (Å²) in [6.07, 6.45) is 19.4. The maximum atomic E-state index is 12.3. The molecule has 8 heteroatoms. The van der Waals surface area contributed by atoms with Gasteiger partial charge in [-0.3, -0.25) is 9.32 Å². The highest BCUT2D eigenvalue weighted by Crippen LogP contribution is 2.35. The molecule has 202 valence electrons. The predicted octanol–water partition coefficient (Wildman–Crippen LogP) is 6.92. The highest BCUT2D eigenvalue weighted by Gasteiger charge is 2.20. The second-order valence-electron chi connectivity index (χ2n) is 9.37. The van der Waals surface area contributed by atoms with Crippen LogP contribution < -0.4 is 10.1 Å². The van der Waals surface area contributed by atoms with E-state index in [4.69, 9.17) is 14.5 Å². The van der Waals surface area contributed by atoms with Gasteiger partial charge in [-0.25, -0.2) is 4.57 Å². The van der Waals surface area contributed by atoms with Crippen LogP contribution in [0.25, 0.3) is 0 Å². The van der Waals surface area contributed by atoms with Crippen LogP contribution in [-0.2, 0) is 13.9 Å². The summed E-state index contributed by atoms with van der Waals surface area (Å²) in [7, 11) is -4.62. The molecule has 35 heavy (non-hydrogen) atoms. The number of carbonyl (C=O) groups excluding carboxylic acids is 1. The number of hydrogen-bond donors (Lipinski definition) is 3. The highest BCUT2D eigenvalue weighted by atomic mass is 31.2. The summed E-state index contributed by atoms with van der Waals surface area (Å²) in [4.78, 5) is 30.3. The number of benzene rings is 1. The van der Waals surface area contributed by atoms with Gasteiger partial charge < -0.3 is 19.8 Å². The lowest BCUT2D eigenvalue weighted by atomic mass is 10.0. The van der Waals surface area contributed by atoms with Crippen molar-refractivity contribution in [2.75, 3.05) is 13.2 Å². The molecule has 1 aromatic rings. The van der Waals surface area contributed by atoms with Gasteiger partial charge in [-0.2, -0.15) is 0 Å². The fraction of sp³-hybridized carbons (Fsp3) is 0.741. The molecular weight excluding hydrogens is 465 g/mol. The van der Waals surface area contributed by atoms with Crippen LogP contribution in [0.2, 0.25) is 0 Å². The molecule has 0 radical (unpaired) electrons. The van der Waals surface area contributed by atoms with Gasteiger partial charge in [0.2, 0.25) is 5.91 Å². The van der Waals surface area contributed by atoms with Crippen LogP contribution in [0.3, 0.4) is 0 Å². The second kappa shape index (κ2) is 20.8. The van der Waals surface area contributed by atoms with Crippen LogP contribution >= 0.6 is 7.82 Å². The van der Waals surface area contributed by atoms with Crippen molar-refractivity contribution in [2.45, 2.75) is 116 Å². The third-order valence-corrected chi connectivity index (χ3v) is 6.50. The normalized spacial score (nSPS) is 12.4. The zero-order valence-electron chi connectivity index (χ0n) is 21.7. The molecule has 1 rings (SSSR count). The van der Waals surface area contributed by atoms with Crippen LogP contribution in [0.1, 0.15) is 110 Å².